The number of nitrogens with zero attached hydrogens (tertiary/aromatic N) is 4. The molecule has 0 saturated carbocycles. The first-order valence-electron chi connectivity index (χ1n) is 10.9. The Morgan fingerprint density at radius 3 is 2.34 bits per heavy atom. The van der Waals surface area contributed by atoms with Gasteiger partial charge in [0.25, 0.3) is 11.6 Å². The first kappa shape index (κ1) is 23.4. The molecule has 8 heteroatoms. The summed E-state index contributed by atoms with van der Waals surface area (Å²) in [6.07, 6.45) is 0.234. The molecule has 8 nitrogen and oxygen atoms in total. The van der Waals surface area contributed by atoms with Crippen molar-refractivity contribution in [3.63, 3.8) is 0 Å². The zero-order chi connectivity index (χ0) is 23.1. The summed E-state index contributed by atoms with van der Waals surface area (Å²) < 4.78 is 0. The van der Waals surface area contributed by atoms with Crippen molar-refractivity contribution in [3.8, 4) is 0 Å². The lowest BCUT2D eigenvalue weighted by molar-refractivity contribution is -0.384. The van der Waals surface area contributed by atoms with Crippen molar-refractivity contribution >= 4 is 17.5 Å². The molecule has 0 aromatic heterocycles. The second-order valence-corrected chi connectivity index (χ2v) is 8.29. The van der Waals surface area contributed by atoms with Gasteiger partial charge in [-0.1, -0.05) is 36.4 Å². The molecule has 0 radical (unpaired) electrons. The third kappa shape index (κ3) is 6.13. The monoisotopic (exact) mass is 438 g/mol. The smallest absolute Gasteiger partial charge is 0.270 e. The zero-order valence-electron chi connectivity index (χ0n) is 18.6. The lowest BCUT2D eigenvalue weighted by Gasteiger charge is -2.35. The normalized spacial score (nSPS) is 14.4. The van der Waals surface area contributed by atoms with Crippen LogP contribution in [0.5, 0.6) is 0 Å². The first-order valence-corrected chi connectivity index (χ1v) is 10.9. The molecule has 0 aliphatic carbocycles. The Hall–Kier alpha value is -3.26. The molecule has 0 N–H and O–H groups in total. The lowest BCUT2D eigenvalue weighted by Crippen LogP contribution is -2.49. The molecule has 1 aliphatic rings. The molecule has 2 amide bonds. The minimum Gasteiger partial charge on any atom is -0.340 e. The van der Waals surface area contributed by atoms with Crippen molar-refractivity contribution in [2.24, 2.45) is 0 Å². The van der Waals surface area contributed by atoms with Crippen molar-refractivity contribution < 1.29 is 14.5 Å². The van der Waals surface area contributed by atoms with E-state index < -0.39 is 4.92 Å². The number of non-ortho nitro benzene ring substituents is 1. The van der Waals surface area contributed by atoms with E-state index in [-0.39, 0.29) is 42.1 Å². The average molecular weight is 439 g/mol. The summed E-state index contributed by atoms with van der Waals surface area (Å²) in [5, 5.41) is 11.0. The van der Waals surface area contributed by atoms with E-state index in [1.807, 2.05) is 36.9 Å². The van der Waals surface area contributed by atoms with E-state index in [9.17, 15) is 19.7 Å². The average Bonchev–Trinajstić information content (AvgIpc) is 2.80. The van der Waals surface area contributed by atoms with Crippen LogP contribution in [0.4, 0.5) is 5.69 Å². The number of carbonyl (C=O) groups excluding carboxylic acids is 2. The number of amides is 2. The van der Waals surface area contributed by atoms with Gasteiger partial charge in [-0.25, -0.2) is 0 Å². The molecule has 2 aromatic carbocycles. The molecule has 2 aromatic rings. The number of nitro groups is 1. The SMILES string of the molecule is CC(C)N(CCC(=O)N1CCN(Cc2ccccc2)CC1)C(=O)c1cccc([N+](=O)[O-])c1. The summed E-state index contributed by atoms with van der Waals surface area (Å²) in [4.78, 5) is 42.0. The van der Waals surface area contributed by atoms with Gasteiger partial charge in [0.1, 0.15) is 0 Å². The molecular formula is C24H30N4O4. The number of hydrogen-bond donors (Lipinski definition) is 0. The van der Waals surface area contributed by atoms with Crippen LogP contribution in [0, 0.1) is 10.1 Å². The van der Waals surface area contributed by atoms with Crippen LogP contribution < -0.4 is 0 Å². The maximum atomic E-state index is 12.9. The van der Waals surface area contributed by atoms with E-state index in [1.165, 1.54) is 23.8 Å². The van der Waals surface area contributed by atoms with Crippen molar-refractivity contribution in [2.45, 2.75) is 32.9 Å². The third-order valence-corrected chi connectivity index (χ3v) is 5.73. The molecular weight excluding hydrogens is 408 g/mol. The highest BCUT2D eigenvalue weighted by Crippen LogP contribution is 2.17. The Balaban J connectivity index is 1.52. The largest absolute Gasteiger partial charge is 0.340 e. The molecule has 1 saturated heterocycles. The van der Waals surface area contributed by atoms with Crippen LogP contribution in [0.3, 0.4) is 0 Å². The van der Waals surface area contributed by atoms with Crippen LogP contribution in [0.25, 0.3) is 0 Å². The summed E-state index contributed by atoms with van der Waals surface area (Å²) in [5.41, 5.74) is 1.40. The van der Waals surface area contributed by atoms with Gasteiger partial charge in [0.05, 0.1) is 4.92 Å². The topological polar surface area (TPSA) is 87.0 Å². The Bertz CT molecular complexity index is 940. The molecule has 1 fully saturated rings. The van der Waals surface area contributed by atoms with Crippen LogP contribution in [-0.4, -0.2) is 70.2 Å². The minimum absolute atomic E-state index is 0.0295. The predicted molar refractivity (Wildman–Crippen MR) is 122 cm³/mol. The van der Waals surface area contributed by atoms with E-state index in [0.29, 0.717) is 13.1 Å². The molecule has 0 bridgehead atoms. The Morgan fingerprint density at radius 2 is 1.72 bits per heavy atom. The molecule has 32 heavy (non-hydrogen) atoms. The summed E-state index contributed by atoms with van der Waals surface area (Å²) >= 11 is 0. The molecule has 3 rings (SSSR count). The van der Waals surface area contributed by atoms with Crippen LogP contribution in [0.2, 0.25) is 0 Å². The number of nitro benzene ring substituents is 1. The van der Waals surface area contributed by atoms with Crippen LogP contribution in [0.1, 0.15) is 36.2 Å². The fourth-order valence-electron chi connectivity index (χ4n) is 3.88. The van der Waals surface area contributed by atoms with Gasteiger partial charge < -0.3 is 9.80 Å². The van der Waals surface area contributed by atoms with Gasteiger partial charge >= 0.3 is 0 Å². The van der Waals surface area contributed by atoms with Gasteiger partial charge in [-0.2, -0.15) is 0 Å². The summed E-state index contributed by atoms with van der Waals surface area (Å²) in [5.74, 6) is -0.272. The highest BCUT2D eigenvalue weighted by atomic mass is 16.6. The predicted octanol–water partition coefficient (Wildman–Crippen LogP) is 3.18. The fraction of sp³-hybridized carbons (Fsp3) is 0.417. The summed E-state index contributed by atoms with van der Waals surface area (Å²) in [6.45, 7) is 7.90. The molecule has 170 valence electrons. The molecule has 1 heterocycles. The van der Waals surface area contributed by atoms with E-state index in [1.54, 1.807) is 11.0 Å². The van der Waals surface area contributed by atoms with Crippen molar-refractivity contribution in [1.29, 1.82) is 0 Å². The van der Waals surface area contributed by atoms with Gasteiger partial charge in [0, 0.05) is 69.4 Å². The minimum atomic E-state index is -0.516. The second-order valence-electron chi connectivity index (χ2n) is 8.29. The quantitative estimate of drug-likeness (QED) is 0.467. The molecule has 0 atom stereocenters. The molecule has 0 spiro atoms. The van der Waals surface area contributed by atoms with E-state index in [4.69, 9.17) is 0 Å². The van der Waals surface area contributed by atoms with Gasteiger partial charge in [-0.3, -0.25) is 24.6 Å². The van der Waals surface area contributed by atoms with Gasteiger partial charge in [-0.15, -0.1) is 0 Å². The fourth-order valence-corrected chi connectivity index (χ4v) is 3.88. The van der Waals surface area contributed by atoms with E-state index in [0.717, 1.165) is 19.6 Å². The third-order valence-electron chi connectivity index (χ3n) is 5.73. The Morgan fingerprint density at radius 1 is 1.03 bits per heavy atom. The maximum Gasteiger partial charge on any atom is 0.270 e. The number of rotatable bonds is 8. The van der Waals surface area contributed by atoms with E-state index in [2.05, 4.69) is 17.0 Å². The molecule has 1 aliphatic heterocycles. The highest BCUT2D eigenvalue weighted by molar-refractivity contribution is 5.95. The zero-order valence-corrected chi connectivity index (χ0v) is 18.6. The highest BCUT2D eigenvalue weighted by Gasteiger charge is 2.25. The number of hydrogen-bond acceptors (Lipinski definition) is 5. The standard InChI is InChI=1S/C24H30N4O4/c1-19(2)27(24(30)21-9-6-10-22(17-21)28(31)32)12-11-23(29)26-15-13-25(14-16-26)18-20-7-4-3-5-8-20/h3-10,17,19H,11-16,18H2,1-2H3. The van der Waals surface area contributed by atoms with Crippen molar-refractivity contribution in [1.82, 2.24) is 14.7 Å². The number of carbonyl (C=O) groups is 2. The number of benzene rings is 2. The Labute approximate surface area is 188 Å². The van der Waals surface area contributed by atoms with Gasteiger partial charge in [-0.05, 0) is 25.5 Å². The van der Waals surface area contributed by atoms with Crippen molar-refractivity contribution in [3.05, 3.63) is 75.8 Å². The summed E-state index contributed by atoms with van der Waals surface area (Å²) in [6, 6.07) is 15.9. The number of piperazine rings is 1. The van der Waals surface area contributed by atoms with Crippen LogP contribution in [-0.2, 0) is 11.3 Å². The summed E-state index contributed by atoms with van der Waals surface area (Å²) in [7, 11) is 0. The lowest BCUT2D eigenvalue weighted by atomic mass is 10.1. The van der Waals surface area contributed by atoms with Crippen LogP contribution >= 0.6 is 0 Å². The maximum absolute atomic E-state index is 12.9. The van der Waals surface area contributed by atoms with Crippen LogP contribution in [0.15, 0.2) is 54.6 Å². The Kier molecular flexibility index (Phi) is 7.94. The molecule has 0 unspecified atom stereocenters. The van der Waals surface area contributed by atoms with Gasteiger partial charge in [0.15, 0.2) is 0 Å². The second kappa shape index (κ2) is 10.9. The van der Waals surface area contributed by atoms with E-state index >= 15 is 0 Å². The van der Waals surface area contributed by atoms with Gasteiger partial charge in [0.2, 0.25) is 5.91 Å². The van der Waals surface area contributed by atoms with Crippen molar-refractivity contribution in [2.75, 3.05) is 32.7 Å². The first-order chi connectivity index (χ1) is 15.3.